The van der Waals surface area contributed by atoms with Crippen molar-refractivity contribution in [1.29, 1.82) is 0 Å². The Balaban J connectivity index is 2.11. The van der Waals surface area contributed by atoms with Gasteiger partial charge in [-0.1, -0.05) is 23.2 Å². The van der Waals surface area contributed by atoms with Crippen molar-refractivity contribution >= 4 is 40.8 Å². The lowest BCUT2D eigenvalue weighted by atomic mass is 9.95. The summed E-state index contributed by atoms with van der Waals surface area (Å²) < 4.78 is 5.42. The highest BCUT2D eigenvalue weighted by Gasteiger charge is 2.32. The van der Waals surface area contributed by atoms with E-state index in [2.05, 4.69) is 5.32 Å². The van der Waals surface area contributed by atoms with Crippen molar-refractivity contribution in [1.82, 2.24) is 0 Å². The molecule has 1 fully saturated rings. The van der Waals surface area contributed by atoms with Crippen LogP contribution in [0, 0.1) is 5.92 Å². The van der Waals surface area contributed by atoms with Gasteiger partial charge in [-0.25, -0.2) is 0 Å². The lowest BCUT2D eigenvalue weighted by Crippen LogP contribution is -2.38. The summed E-state index contributed by atoms with van der Waals surface area (Å²) in [5.74, 6) is -2.53. The maximum atomic E-state index is 12.3. The van der Waals surface area contributed by atoms with Crippen molar-refractivity contribution in [2.45, 2.75) is 25.4 Å². The second-order valence-electron chi connectivity index (χ2n) is 4.85. The summed E-state index contributed by atoms with van der Waals surface area (Å²) in [5, 5.41) is 14.2. The molecule has 5 nitrogen and oxygen atoms in total. The van der Waals surface area contributed by atoms with E-state index in [4.69, 9.17) is 27.9 Å². The van der Waals surface area contributed by atoms with Gasteiger partial charge < -0.3 is 20.0 Å². The third-order valence-corrected chi connectivity index (χ3v) is 3.87. The molecule has 0 bridgehead atoms. The third-order valence-electron chi connectivity index (χ3n) is 3.33. The van der Waals surface area contributed by atoms with Crippen molar-refractivity contribution in [2.75, 3.05) is 11.9 Å². The molecule has 2 rings (SSSR count). The van der Waals surface area contributed by atoms with E-state index in [0.29, 0.717) is 23.7 Å². The quantitative estimate of drug-likeness (QED) is 0.893. The number of carbonyl (C=O) groups excluding carboxylic acids is 2. The van der Waals surface area contributed by atoms with Crippen LogP contribution in [0.3, 0.4) is 0 Å². The average Bonchev–Trinajstić information content (AvgIpc) is 2.92. The van der Waals surface area contributed by atoms with Crippen LogP contribution in [0.5, 0.6) is 0 Å². The molecule has 1 heterocycles. The van der Waals surface area contributed by atoms with Crippen LogP contribution in [0.1, 0.15) is 19.3 Å². The van der Waals surface area contributed by atoms with E-state index < -0.39 is 23.9 Å². The zero-order chi connectivity index (χ0) is 15.4. The lowest BCUT2D eigenvalue weighted by Gasteiger charge is -2.23. The highest BCUT2D eigenvalue weighted by molar-refractivity contribution is 6.36. The topological polar surface area (TPSA) is 78.5 Å². The minimum atomic E-state index is -1.28. The van der Waals surface area contributed by atoms with Gasteiger partial charge >= 0.3 is 0 Å². The molecule has 0 aliphatic carbocycles. The first-order valence-electron chi connectivity index (χ1n) is 6.54. The largest absolute Gasteiger partial charge is 0.550 e. The van der Waals surface area contributed by atoms with Crippen molar-refractivity contribution < 1.29 is 19.4 Å². The summed E-state index contributed by atoms with van der Waals surface area (Å²) in [5.41, 5.74) is 0.382. The Bertz CT molecular complexity index is 544. The SMILES string of the molecule is O=C([O-])C[C@@H](C(=O)Nc1ccc(Cl)cc1Cl)[C@@H]1CCCO1. The zero-order valence-electron chi connectivity index (χ0n) is 11.1. The van der Waals surface area contributed by atoms with E-state index in [9.17, 15) is 14.7 Å². The number of benzene rings is 1. The number of nitrogens with one attached hydrogen (secondary N) is 1. The highest BCUT2D eigenvalue weighted by Crippen LogP contribution is 2.28. The van der Waals surface area contributed by atoms with Gasteiger partial charge in [0, 0.05) is 24.0 Å². The third kappa shape index (κ3) is 4.33. The second-order valence-corrected chi connectivity index (χ2v) is 5.69. The molecule has 1 N–H and O–H groups in total. The summed E-state index contributed by atoms with van der Waals surface area (Å²) in [6.45, 7) is 0.531. The van der Waals surface area contributed by atoms with Crippen molar-refractivity contribution in [2.24, 2.45) is 5.92 Å². The molecule has 2 atom stereocenters. The van der Waals surface area contributed by atoms with Gasteiger partial charge in [-0.2, -0.15) is 0 Å². The molecule has 1 aliphatic rings. The Labute approximate surface area is 132 Å². The fraction of sp³-hybridized carbons (Fsp3) is 0.429. The number of hydrogen-bond donors (Lipinski definition) is 1. The Morgan fingerprint density at radius 3 is 2.76 bits per heavy atom. The molecule has 0 unspecified atom stereocenters. The van der Waals surface area contributed by atoms with Crippen LogP contribution in [0.4, 0.5) is 5.69 Å². The van der Waals surface area contributed by atoms with E-state index >= 15 is 0 Å². The molecule has 1 amide bonds. The zero-order valence-corrected chi connectivity index (χ0v) is 12.6. The molecule has 1 saturated heterocycles. The molecule has 1 aromatic carbocycles. The molecular formula is C14H14Cl2NO4-. The number of hydrogen-bond acceptors (Lipinski definition) is 4. The van der Waals surface area contributed by atoms with E-state index in [-0.39, 0.29) is 11.4 Å². The Morgan fingerprint density at radius 2 is 2.19 bits per heavy atom. The predicted molar refractivity (Wildman–Crippen MR) is 77.2 cm³/mol. The fourth-order valence-electron chi connectivity index (χ4n) is 2.31. The minimum absolute atomic E-state index is 0.287. The minimum Gasteiger partial charge on any atom is -0.550 e. The number of aliphatic carboxylic acids is 1. The predicted octanol–water partition coefficient (Wildman–Crippen LogP) is 1.87. The fourth-order valence-corrected chi connectivity index (χ4v) is 2.76. The molecule has 1 aliphatic heterocycles. The van der Waals surface area contributed by atoms with Gasteiger partial charge in [0.15, 0.2) is 0 Å². The number of ether oxygens (including phenoxy) is 1. The smallest absolute Gasteiger partial charge is 0.230 e. The Kier molecular flexibility index (Phi) is 5.45. The standard InChI is InChI=1S/C14H15Cl2NO4/c15-8-3-4-11(10(16)6-8)17-14(20)9(7-13(18)19)12-2-1-5-21-12/h3-4,6,9,12H,1-2,5,7H2,(H,17,20)(H,18,19)/p-1/t9-,12+/m1/s1. The van der Waals surface area contributed by atoms with Crippen LogP contribution in [-0.4, -0.2) is 24.6 Å². The molecule has 7 heteroatoms. The van der Waals surface area contributed by atoms with E-state index in [0.717, 1.165) is 6.42 Å². The first kappa shape index (κ1) is 16.1. The number of halogens is 2. The Hall–Kier alpha value is -1.30. The van der Waals surface area contributed by atoms with E-state index in [1.54, 1.807) is 12.1 Å². The second kappa shape index (κ2) is 7.11. The van der Waals surface area contributed by atoms with Crippen LogP contribution >= 0.6 is 23.2 Å². The lowest BCUT2D eigenvalue weighted by molar-refractivity contribution is -0.307. The van der Waals surface area contributed by atoms with Crippen LogP contribution in [0.15, 0.2) is 18.2 Å². The van der Waals surface area contributed by atoms with E-state index in [1.807, 2.05) is 0 Å². The summed E-state index contributed by atoms with van der Waals surface area (Å²) in [6.07, 6.45) is 0.666. The van der Waals surface area contributed by atoms with Crippen molar-refractivity contribution in [3.8, 4) is 0 Å². The summed E-state index contributed by atoms with van der Waals surface area (Å²) in [7, 11) is 0. The molecule has 0 aromatic heterocycles. The molecule has 0 radical (unpaired) electrons. The summed E-state index contributed by atoms with van der Waals surface area (Å²) in [6, 6.07) is 4.65. The van der Waals surface area contributed by atoms with Gasteiger partial charge in [-0.15, -0.1) is 0 Å². The van der Waals surface area contributed by atoms with Crippen LogP contribution < -0.4 is 10.4 Å². The van der Waals surface area contributed by atoms with Gasteiger partial charge in [0.1, 0.15) is 0 Å². The first-order chi connectivity index (χ1) is 9.97. The monoisotopic (exact) mass is 330 g/mol. The number of carboxylic acid groups (broad SMARTS) is 1. The number of carbonyl (C=O) groups is 2. The number of carboxylic acids is 1. The number of amides is 1. The Morgan fingerprint density at radius 1 is 1.43 bits per heavy atom. The molecule has 0 saturated carbocycles. The maximum Gasteiger partial charge on any atom is 0.230 e. The van der Waals surface area contributed by atoms with Gasteiger partial charge in [0.05, 0.1) is 22.7 Å². The normalized spacial score (nSPS) is 19.2. The summed E-state index contributed by atoms with van der Waals surface area (Å²) >= 11 is 11.8. The van der Waals surface area contributed by atoms with Crippen LogP contribution in [0.2, 0.25) is 10.0 Å². The number of rotatable bonds is 5. The molecule has 21 heavy (non-hydrogen) atoms. The van der Waals surface area contributed by atoms with Crippen molar-refractivity contribution in [3.63, 3.8) is 0 Å². The van der Waals surface area contributed by atoms with Gasteiger partial charge in [-0.05, 0) is 31.0 Å². The molecule has 0 spiro atoms. The van der Waals surface area contributed by atoms with Gasteiger partial charge in [-0.3, -0.25) is 4.79 Å². The molecular weight excluding hydrogens is 317 g/mol. The van der Waals surface area contributed by atoms with E-state index in [1.165, 1.54) is 6.07 Å². The number of anilines is 1. The van der Waals surface area contributed by atoms with Crippen LogP contribution in [-0.2, 0) is 14.3 Å². The van der Waals surface area contributed by atoms with Gasteiger partial charge in [0.25, 0.3) is 0 Å². The maximum absolute atomic E-state index is 12.3. The van der Waals surface area contributed by atoms with Gasteiger partial charge in [0.2, 0.25) is 5.91 Å². The first-order valence-corrected chi connectivity index (χ1v) is 7.30. The van der Waals surface area contributed by atoms with Crippen LogP contribution in [0.25, 0.3) is 0 Å². The molecule has 1 aromatic rings. The van der Waals surface area contributed by atoms with Crippen molar-refractivity contribution in [3.05, 3.63) is 28.2 Å². The summed E-state index contributed by atoms with van der Waals surface area (Å²) in [4.78, 5) is 23.1. The highest BCUT2D eigenvalue weighted by atomic mass is 35.5. The average molecular weight is 331 g/mol. The molecule has 114 valence electrons.